The Hall–Kier alpha value is -8.78. The van der Waals surface area contributed by atoms with Gasteiger partial charge in [-0.15, -0.1) is 0 Å². The van der Waals surface area contributed by atoms with Gasteiger partial charge in [0.2, 0.25) is 0 Å². The van der Waals surface area contributed by atoms with Crippen molar-refractivity contribution in [1.82, 2.24) is 9.13 Å². The molecule has 0 unspecified atom stereocenters. The summed E-state index contributed by atoms with van der Waals surface area (Å²) in [5, 5.41) is 4.35. The second kappa shape index (κ2) is 17.9. The van der Waals surface area contributed by atoms with E-state index in [9.17, 15) is 8.78 Å². The Morgan fingerprint density at radius 2 is 0.653 bits per heavy atom. The molecule has 0 aliphatic heterocycles. The van der Waals surface area contributed by atoms with Gasteiger partial charge in [-0.3, -0.25) is 0 Å². The molecule has 3 nitrogen and oxygen atoms in total. The molecule has 342 valence electrons. The van der Waals surface area contributed by atoms with Crippen LogP contribution < -0.4 is 22.5 Å². The molecule has 0 aliphatic rings. The Kier molecular flexibility index (Phi) is 10.7. The van der Waals surface area contributed by atoms with Gasteiger partial charge in [-0.05, 0) is 72.8 Å². The maximum absolute atomic E-state index is 14.7. The number of anilines is 3. The molecule has 13 aromatic rings. The maximum atomic E-state index is 14.7. The SMILES string of the molecule is Fc1ccc(N(c2ccc3c(c2)c2ccccc2n3-c2ccc(F)cc2)c2ccc3c(c2)c2cc(-c4cc[c]([Ge]([c]5ccccc5)([c]5ccccc5)[c]5ccccc5)cc4)ccc2n3-c2ccccc2)cc1. The van der Waals surface area contributed by atoms with Crippen LogP contribution in [0, 0.1) is 11.6 Å². The Labute approximate surface area is 419 Å². The summed E-state index contributed by atoms with van der Waals surface area (Å²) >= 11 is -3.46. The molecule has 0 aliphatic carbocycles. The number of rotatable bonds is 10. The third kappa shape index (κ3) is 7.23. The fourth-order valence-corrected chi connectivity index (χ4v) is 21.1. The maximum Gasteiger partial charge on any atom is -0.0242 e. The van der Waals surface area contributed by atoms with Crippen LogP contribution in [-0.4, -0.2) is 22.4 Å². The first-order valence-electron chi connectivity index (χ1n) is 24.3. The largest absolute Gasteiger partial charge is 0.0351 e. The van der Waals surface area contributed by atoms with Gasteiger partial charge in [-0.25, -0.2) is 8.78 Å². The predicted octanol–water partition coefficient (Wildman–Crippen LogP) is 14.7. The Morgan fingerprint density at radius 1 is 0.278 bits per heavy atom. The Bertz CT molecular complexity index is 3980. The van der Waals surface area contributed by atoms with Gasteiger partial charge in [0.15, 0.2) is 0 Å². The van der Waals surface area contributed by atoms with Crippen molar-refractivity contribution in [3.05, 3.63) is 285 Å². The van der Waals surface area contributed by atoms with E-state index in [1.165, 1.54) is 41.8 Å². The standard InChI is InChI=1S/C66H45F2GeN3/c67-48-28-34-55(35-29-48)70(57-38-41-65-61(44-57)59-23-13-14-24-63(59)72(65)56-36-30-49(68)31-37-56)58-39-42-66-62(45-58)60-43-47(27-40-64(60)71(66)54-21-11-4-12-22-54)46-25-32-53(33-26-46)69(50-15-5-1-6-16-50,51-17-7-2-8-18-51)52-19-9-3-10-20-52/h1-45H. The van der Waals surface area contributed by atoms with Gasteiger partial charge in [0.05, 0.1) is 11.0 Å². The number of hydrogen-bond donors (Lipinski definition) is 0. The molecule has 2 aromatic heterocycles. The molecular weight excluding hydrogens is 945 g/mol. The van der Waals surface area contributed by atoms with Crippen LogP contribution >= 0.6 is 0 Å². The molecule has 13 rings (SSSR count). The molecule has 0 fully saturated rings. The minimum Gasteiger partial charge on any atom is -0.0351 e. The molecule has 0 radical (unpaired) electrons. The van der Waals surface area contributed by atoms with Crippen molar-refractivity contribution in [2.24, 2.45) is 0 Å². The van der Waals surface area contributed by atoms with Gasteiger partial charge >= 0.3 is 272 Å². The number of hydrogen-bond acceptors (Lipinski definition) is 1. The average molecular weight is 991 g/mol. The van der Waals surface area contributed by atoms with Crippen LogP contribution in [0.15, 0.2) is 273 Å². The summed E-state index contributed by atoms with van der Waals surface area (Å²) < 4.78 is 39.0. The number of benzene rings is 11. The smallest absolute Gasteiger partial charge is 0.0242 e. The van der Waals surface area contributed by atoms with Crippen molar-refractivity contribution < 1.29 is 8.78 Å². The number of para-hydroxylation sites is 2. The zero-order chi connectivity index (χ0) is 48.2. The van der Waals surface area contributed by atoms with Crippen molar-refractivity contribution >= 4 is 91.5 Å². The summed E-state index contributed by atoms with van der Waals surface area (Å²) in [4.78, 5) is 2.21. The first kappa shape index (κ1) is 43.3. The van der Waals surface area contributed by atoms with Crippen LogP contribution in [0.5, 0.6) is 0 Å². The normalized spacial score (nSPS) is 11.8. The van der Waals surface area contributed by atoms with Crippen LogP contribution in [0.2, 0.25) is 0 Å². The summed E-state index contributed by atoms with van der Waals surface area (Å²) in [6, 6.07) is 94.9. The van der Waals surface area contributed by atoms with E-state index in [2.05, 4.69) is 232 Å². The van der Waals surface area contributed by atoms with E-state index in [0.717, 1.165) is 83.2 Å². The summed E-state index contributed by atoms with van der Waals surface area (Å²) in [6.07, 6.45) is 0. The zero-order valence-corrected chi connectivity index (χ0v) is 41.2. The summed E-state index contributed by atoms with van der Waals surface area (Å²) in [5.74, 6) is -0.575. The molecule has 0 bridgehead atoms. The molecule has 2 heterocycles. The fourth-order valence-electron chi connectivity index (χ4n) is 11.2. The van der Waals surface area contributed by atoms with Crippen molar-refractivity contribution in [3.63, 3.8) is 0 Å². The molecule has 0 spiro atoms. The fraction of sp³-hybridized carbons (Fsp3) is 0. The van der Waals surface area contributed by atoms with Gasteiger partial charge in [0, 0.05) is 16.5 Å². The second-order valence-corrected chi connectivity index (χ2v) is 26.4. The Balaban J connectivity index is 0.982. The number of nitrogens with zero attached hydrogens (tertiary/aromatic N) is 3. The minimum atomic E-state index is -3.46. The molecule has 11 aromatic carbocycles. The van der Waals surface area contributed by atoms with E-state index in [1.807, 2.05) is 30.3 Å². The quantitative estimate of drug-likeness (QED) is 0.124. The predicted molar refractivity (Wildman–Crippen MR) is 299 cm³/mol. The van der Waals surface area contributed by atoms with E-state index in [4.69, 9.17) is 0 Å². The van der Waals surface area contributed by atoms with Gasteiger partial charge in [0.25, 0.3) is 0 Å². The molecule has 0 atom stereocenters. The molecule has 0 amide bonds. The van der Waals surface area contributed by atoms with E-state index in [0.29, 0.717) is 0 Å². The van der Waals surface area contributed by atoms with E-state index >= 15 is 0 Å². The topological polar surface area (TPSA) is 13.1 Å². The van der Waals surface area contributed by atoms with Gasteiger partial charge in [-0.2, -0.15) is 0 Å². The Morgan fingerprint density at radius 3 is 1.19 bits per heavy atom. The van der Waals surface area contributed by atoms with Gasteiger partial charge < -0.3 is 4.57 Å². The van der Waals surface area contributed by atoms with Crippen molar-refractivity contribution in [2.75, 3.05) is 4.90 Å². The van der Waals surface area contributed by atoms with Gasteiger partial charge in [-0.1, -0.05) is 24.3 Å². The molecular formula is C66H45F2GeN3. The third-order valence-corrected chi connectivity index (χ3v) is 24.4. The first-order valence-corrected chi connectivity index (χ1v) is 28.5. The van der Waals surface area contributed by atoms with Gasteiger partial charge in [0.1, 0.15) is 11.6 Å². The minimum absolute atomic E-state index is 0.277. The number of halogens is 2. The van der Waals surface area contributed by atoms with Crippen LogP contribution in [0.25, 0.3) is 66.1 Å². The third-order valence-electron chi connectivity index (χ3n) is 14.4. The van der Waals surface area contributed by atoms with Crippen LogP contribution in [0.4, 0.5) is 25.8 Å². The summed E-state index contributed by atoms with van der Waals surface area (Å²) in [5.41, 5.74) is 11.1. The van der Waals surface area contributed by atoms with Crippen LogP contribution in [0.3, 0.4) is 0 Å². The molecule has 0 saturated heterocycles. The molecule has 6 heteroatoms. The molecule has 0 N–H and O–H groups in total. The monoisotopic (exact) mass is 991 g/mol. The number of fused-ring (bicyclic) bond motifs is 6. The first-order chi connectivity index (χ1) is 35.5. The summed E-state index contributed by atoms with van der Waals surface area (Å²) in [6.45, 7) is 0. The van der Waals surface area contributed by atoms with Crippen molar-refractivity contribution in [2.45, 2.75) is 0 Å². The average Bonchev–Trinajstić information content (AvgIpc) is 3.95. The molecule has 72 heavy (non-hydrogen) atoms. The second-order valence-electron chi connectivity index (χ2n) is 18.4. The summed E-state index contributed by atoms with van der Waals surface area (Å²) in [7, 11) is 0. The van der Waals surface area contributed by atoms with E-state index < -0.39 is 13.3 Å². The molecule has 0 saturated carbocycles. The van der Waals surface area contributed by atoms with E-state index in [1.54, 1.807) is 0 Å². The van der Waals surface area contributed by atoms with Crippen LogP contribution in [0.1, 0.15) is 0 Å². The van der Waals surface area contributed by atoms with E-state index in [-0.39, 0.29) is 11.6 Å². The zero-order valence-electron chi connectivity index (χ0n) is 39.1. The van der Waals surface area contributed by atoms with Crippen LogP contribution in [-0.2, 0) is 0 Å². The number of aromatic nitrogens is 2. The van der Waals surface area contributed by atoms with Crippen molar-refractivity contribution in [1.29, 1.82) is 0 Å². The van der Waals surface area contributed by atoms with Crippen molar-refractivity contribution in [3.8, 4) is 22.5 Å².